The van der Waals surface area contributed by atoms with Gasteiger partial charge >= 0.3 is 0 Å². The van der Waals surface area contributed by atoms with Crippen molar-refractivity contribution in [2.75, 3.05) is 96.5 Å². The number of benzene rings is 8. The molecule has 144 heavy (non-hydrogen) atoms. The Balaban J connectivity index is 0.698. The molecule has 8 N–H and O–H groups in total. The maximum Gasteiger partial charge on any atom is 0.0694 e. The highest BCUT2D eigenvalue weighted by Crippen LogP contribution is 2.61. The van der Waals surface area contributed by atoms with Gasteiger partial charge in [0.25, 0.3) is 0 Å². The summed E-state index contributed by atoms with van der Waals surface area (Å²) in [5.74, 6) is 2.79. The minimum Gasteiger partial charge on any atom is -0.312 e. The molecule has 24 unspecified atom stereocenters. The zero-order valence-corrected chi connectivity index (χ0v) is 84.7. The largest absolute Gasteiger partial charge is 0.312 e. The SMILES string of the molecule is CN(C1C2CCCCC2C(N(C)n2ccc3ccccc32)C2C3NC(NC4NC(NC5NC(NC6NC(N3)C3C6C(N(C)n6ccc7ccccc76)C6CCCCC6C3N(C)n3ccc6ccccc63)C3C5C(N(C)n5ccc6ccccc65)C5CCCCC5C3N(C)n3ccc5ccccc53)C3C4C(N(C)n4ccc5ccccc54)C4CCCCC4C3N(C)n3ccc4ccccc43)C21)n1ccc2ccccc21. The van der Waals surface area contributed by atoms with Crippen LogP contribution in [0.4, 0.5) is 0 Å². The molecule has 5 saturated heterocycles. The number of para-hydroxylation sites is 8. The predicted octanol–water partition coefficient (Wildman–Crippen LogP) is 16.3. The van der Waals surface area contributed by atoms with Gasteiger partial charge < -0.3 is 40.1 Å². The summed E-state index contributed by atoms with van der Waals surface area (Å²) in [6, 6.07) is 93.6. The smallest absolute Gasteiger partial charge is 0.0694 e. The molecule has 5 aliphatic heterocycles. The first-order valence-electron chi connectivity index (χ1n) is 55.2. The molecule has 0 amide bonds. The summed E-state index contributed by atoms with van der Waals surface area (Å²) < 4.78 is 20.8. The minimum absolute atomic E-state index is 0.0212. The van der Waals surface area contributed by atoms with Gasteiger partial charge in [-0.25, -0.2) is 0 Å². The number of nitrogens with one attached hydrogen (secondary N) is 8. The second-order valence-electron chi connectivity index (χ2n) is 46.5. The van der Waals surface area contributed by atoms with Crippen molar-refractivity contribution >= 4 is 87.2 Å². The van der Waals surface area contributed by atoms with Crippen LogP contribution in [-0.2, 0) is 0 Å². The number of fused-ring (bicyclic) bond motifs is 32. The summed E-state index contributed by atoms with van der Waals surface area (Å²) in [5, 5.41) is 73.6. The van der Waals surface area contributed by atoms with E-state index in [1.54, 1.807) is 0 Å². The molecule has 8 bridgehead atoms. The summed E-state index contributed by atoms with van der Waals surface area (Å²) in [6.45, 7) is 0. The molecule has 8 saturated carbocycles. The molecule has 0 radical (unpaired) electrons. The van der Waals surface area contributed by atoms with Gasteiger partial charge in [-0.3, -0.25) is 79.9 Å². The maximum absolute atomic E-state index is 5.17. The average Bonchev–Trinajstić information content (AvgIpc) is 1.53. The Morgan fingerprint density at radius 3 is 0.389 bits per heavy atom. The van der Waals surface area contributed by atoms with Gasteiger partial charge in [0.1, 0.15) is 0 Å². The first-order chi connectivity index (χ1) is 70.8. The van der Waals surface area contributed by atoms with Crippen molar-refractivity contribution in [3.63, 3.8) is 0 Å². The maximum atomic E-state index is 5.17. The summed E-state index contributed by atoms with van der Waals surface area (Å²) >= 11 is 0. The van der Waals surface area contributed by atoms with Gasteiger partial charge in [0.2, 0.25) is 0 Å². The van der Waals surface area contributed by atoms with E-state index in [2.05, 4.69) is 426 Å². The first-order valence-corrected chi connectivity index (χ1v) is 55.2. The van der Waals surface area contributed by atoms with E-state index in [0.717, 1.165) is 51.4 Å². The molecule has 24 nitrogen and oxygen atoms in total. The summed E-state index contributed by atoms with van der Waals surface area (Å²) in [6.07, 6.45) is 36.3. The van der Waals surface area contributed by atoms with E-state index >= 15 is 0 Å². The Labute approximate surface area is 845 Å². The van der Waals surface area contributed by atoms with E-state index in [1.807, 2.05) is 0 Å². The highest BCUT2D eigenvalue weighted by molar-refractivity contribution is 5.86. The van der Waals surface area contributed by atoms with Crippen LogP contribution in [0.3, 0.4) is 0 Å². The second kappa shape index (κ2) is 34.9. The zero-order chi connectivity index (χ0) is 95.9. The lowest BCUT2D eigenvalue weighted by molar-refractivity contribution is -0.00921. The van der Waals surface area contributed by atoms with Crippen molar-refractivity contribution in [3.05, 3.63) is 292 Å². The van der Waals surface area contributed by atoms with E-state index in [-0.39, 0.29) is 145 Å². The van der Waals surface area contributed by atoms with Crippen LogP contribution in [0.25, 0.3) is 87.2 Å². The van der Waals surface area contributed by atoms with E-state index in [9.17, 15) is 0 Å². The van der Waals surface area contributed by atoms with Crippen molar-refractivity contribution in [2.45, 2.75) is 200 Å². The number of hydrogen-bond donors (Lipinski definition) is 8. The lowest BCUT2D eigenvalue weighted by Crippen LogP contribution is -2.70. The van der Waals surface area contributed by atoms with Gasteiger partial charge in [0, 0.05) is 196 Å². The average molecular weight is 1920 g/mol. The standard InChI is InChI=1S/C120H144N24/c1-129(137-65-57-73-33-9-25-49-89(73)137)105-81-41-17-18-42-82(81)106(130(2)138-66-58-74-34-10-26-50-90(74)138)98-97(105)113-121-114(98)126-116-101-102(110(134(6)142-70-62-78-38-14-30-54-94(78)142)86-46-22-21-45-85(86)109(101)133(5)141-69-61-77-37-13-29-53-93(77)141)118(123-116)128-120-104-103(111(135(7)143-71-63-79-39-15-31-55-95(79)143)87-47-23-24-48-88(87)112(104)136(8)144-72-64-80-40-16-32-56-96(80)144)119(124-120)127-117-100-99(115(122-117)125-113)107(131(3)139-67-59-75-35-11-27-51-91(75)139)83-43-19-20-44-84(83)108(100)132(4)140-68-60-76-36-12-28-52-92(76)140/h9-16,25-40,49-72,81-88,97-128H,17-24,41-48H2,1-8H3. The molecule has 24 atom stereocenters. The van der Waals surface area contributed by atoms with Gasteiger partial charge in [0.05, 0.1) is 142 Å². The van der Waals surface area contributed by atoms with E-state index in [0.29, 0.717) is 47.3 Å². The van der Waals surface area contributed by atoms with Gasteiger partial charge in [-0.05, 0) is 196 Å². The molecule has 24 heteroatoms. The molecule has 29 rings (SSSR count). The molecular weight excluding hydrogens is 1780 g/mol. The molecular formula is C120H144N24. The molecule has 13 heterocycles. The third-order valence-corrected chi connectivity index (χ3v) is 40.7. The summed E-state index contributed by atoms with van der Waals surface area (Å²) in [4.78, 5) is 0. The Bertz CT molecular complexity index is 6120. The number of hydrogen-bond acceptors (Lipinski definition) is 16. The highest BCUT2D eigenvalue weighted by Gasteiger charge is 2.71. The topological polar surface area (TPSA) is 162 Å². The fraction of sp³-hybridized carbons (Fsp3) is 0.467. The fourth-order valence-electron chi connectivity index (χ4n) is 35.4. The van der Waals surface area contributed by atoms with Crippen LogP contribution in [0, 0.1) is 94.7 Å². The second-order valence-corrected chi connectivity index (χ2v) is 46.5. The van der Waals surface area contributed by atoms with Gasteiger partial charge in [-0.2, -0.15) is 0 Å². The van der Waals surface area contributed by atoms with Crippen LogP contribution in [0.5, 0.6) is 0 Å². The molecule has 16 aromatic rings. The lowest BCUT2D eigenvalue weighted by Gasteiger charge is -2.59. The van der Waals surface area contributed by atoms with Crippen molar-refractivity contribution in [1.29, 1.82) is 0 Å². The number of nitrogens with zero attached hydrogens (tertiary/aromatic N) is 16. The number of rotatable bonds is 16. The molecule has 8 aromatic carbocycles. The van der Waals surface area contributed by atoms with Crippen LogP contribution < -0.4 is 82.6 Å². The van der Waals surface area contributed by atoms with Crippen molar-refractivity contribution in [1.82, 2.24) is 79.9 Å². The van der Waals surface area contributed by atoms with Crippen LogP contribution in [-0.4, -0.2) is 191 Å². The Hall–Kier alpha value is -11.8. The predicted molar refractivity (Wildman–Crippen MR) is 584 cm³/mol. The van der Waals surface area contributed by atoms with Crippen molar-refractivity contribution in [2.24, 2.45) is 94.7 Å². The Morgan fingerprint density at radius 2 is 0.271 bits per heavy atom. The Kier molecular flexibility index (Phi) is 21.5. The van der Waals surface area contributed by atoms with Crippen LogP contribution in [0.15, 0.2) is 292 Å². The Morgan fingerprint density at radius 1 is 0.160 bits per heavy atom. The fourth-order valence-corrected chi connectivity index (χ4v) is 35.4. The van der Waals surface area contributed by atoms with Crippen LogP contribution >= 0.6 is 0 Å². The molecule has 8 aromatic heterocycles. The minimum atomic E-state index is -0.236. The third kappa shape index (κ3) is 13.6. The van der Waals surface area contributed by atoms with Gasteiger partial charge in [-0.15, -0.1) is 0 Å². The van der Waals surface area contributed by atoms with Crippen LogP contribution in [0.2, 0.25) is 0 Å². The normalized spacial score (nSPS) is 34.8. The summed E-state index contributed by atoms with van der Waals surface area (Å²) in [5.41, 5.74) is 10.1. The zero-order valence-electron chi connectivity index (χ0n) is 84.7. The van der Waals surface area contributed by atoms with Crippen LogP contribution in [0.1, 0.15) is 103 Å². The van der Waals surface area contributed by atoms with Crippen molar-refractivity contribution < 1.29 is 0 Å². The molecule has 13 aliphatic rings. The van der Waals surface area contributed by atoms with E-state index in [4.69, 9.17) is 42.5 Å². The lowest BCUT2D eigenvalue weighted by atomic mass is 9.56. The van der Waals surface area contributed by atoms with Gasteiger partial charge in [0.15, 0.2) is 0 Å². The molecule has 0 spiro atoms. The number of aromatic nitrogens is 8. The molecule has 744 valence electrons. The van der Waals surface area contributed by atoms with E-state index < -0.39 is 0 Å². The first kappa shape index (κ1) is 88.6. The summed E-state index contributed by atoms with van der Waals surface area (Å²) in [7, 11) is 20.1. The monoisotopic (exact) mass is 1920 g/mol. The third-order valence-electron chi connectivity index (χ3n) is 40.7. The molecule has 13 fully saturated rings. The molecule has 8 aliphatic carbocycles. The highest BCUT2D eigenvalue weighted by atomic mass is 15.6. The van der Waals surface area contributed by atoms with Crippen molar-refractivity contribution in [3.8, 4) is 0 Å². The quantitative estimate of drug-likeness (QED) is 0.0461. The van der Waals surface area contributed by atoms with E-state index in [1.165, 1.54) is 139 Å². The van der Waals surface area contributed by atoms with Gasteiger partial charge in [-0.1, -0.05) is 197 Å².